The van der Waals surface area contributed by atoms with Gasteiger partial charge in [-0.15, -0.1) is 0 Å². The largest absolute Gasteiger partial charge is 0.309 e. The predicted octanol–water partition coefficient (Wildman–Crippen LogP) is 3.10. The molecule has 0 fully saturated rings. The molecule has 0 N–H and O–H groups in total. The van der Waals surface area contributed by atoms with Crippen molar-refractivity contribution in [3.63, 3.8) is 0 Å². The molecule has 0 radical (unpaired) electrons. The first-order chi connectivity index (χ1) is 9.13. The third-order valence-corrected chi connectivity index (χ3v) is 5.50. The van der Waals surface area contributed by atoms with Crippen LogP contribution in [0.2, 0.25) is 0 Å². The second kappa shape index (κ2) is 5.81. The van der Waals surface area contributed by atoms with Crippen molar-refractivity contribution in [3.05, 3.63) is 72.6 Å². The number of carbonyl (C=O) groups is 1. The lowest BCUT2D eigenvalue weighted by Crippen LogP contribution is -2.14. The van der Waals surface area contributed by atoms with Gasteiger partial charge in [0.2, 0.25) is 0 Å². The Hall–Kier alpha value is -1.92. The summed E-state index contributed by atoms with van der Waals surface area (Å²) in [6, 6.07) is 18.5. The fraction of sp³-hybridized carbons (Fsp3) is 0.0625. The molecule has 0 unspecified atom stereocenters. The maximum atomic E-state index is 13.3. The van der Waals surface area contributed by atoms with Gasteiger partial charge in [-0.2, -0.15) is 0 Å². The molecule has 19 heavy (non-hydrogen) atoms. The van der Waals surface area contributed by atoms with Crippen molar-refractivity contribution in [2.45, 2.75) is 6.92 Å². The third-order valence-electron chi connectivity index (χ3n) is 2.80. The maximum Gasteiger partial charge on any atom is 0.164 e. The quantitative estimate of drug-likeness (QED) is 0.632. The van der Waals surface area contributed by atoms with Crippen LogP contribution in [0.25, 0.3) is 0 Å². The highest BCUT2D eigenvalue weighted by Crippen LogP contribution is 2.44. The van der Waals surface area contributed by atoms with Crippen LogP contribution in [-0.2, 0) is 9.36 Å². The molecule has 2 nitrogen and oxygen atoms in total. The molecule has 0 amide bonds. The predicted molar refractivity (Wildman–Crippen MR) is 79.6 cm³/mol. The van der Waals surface area contributed by atoms with Gasteiger partial charge in [-0.1, -0.05) is 60.7 Å². The molecule has 0 aliphatic heterocycles. The van der Waals surface area contributed by atoms with E-state index in [9.17, 15) is 9.36 Å². The van der Waals surface area contributed by atoms with Crippen molar-refractivity contribution in [3.8, 4) is 0 Å². The Morgan fingerprint density at radius 3 is 1.68 bits per heavy atom. The topological polar surface area (TPSA) is 34.1 Å². The first-order valence-corrected chi connectivity index (χ1v) is 7.81. The Labute approximate surface area is 113 Å². The number of ketones is 1. The molecule has 96 valence electrons. The standard InChI is InChI=1S/C16H15O2P/c1-14(17)12-13-19(18,15-8-4-2-5-9-15)16-10-6-3-7-11-16/h2-13H,1H3. The summed E-state index contributed by atoms with van der Waals surface area (Å²) in [6.07, 6.45) is 1.39. The summed E-state index contributed by atoms with van der Waals surface area (Å²) in [5, 5.41) is 1.47. The van der Waals surface area contributed by atoms with E-state index in [2.05, 4.69) is 0 Å². The molecule has 0 aliphatic rings. The van der Waals surface area contributed by atoms with E-state index in [0.717, 1.165) is 10.6 Å². The summed E-state index contributed by atoms with van der Waals surface area (Å²) in [5.41, 5.74) is 0. The summed E-state index contributed by atoms with van der Waals surface area (Å²) >= 11 is 0. The highest BCUT2D eigenvalue weighted by Gasteiger charge is 2.23. The second-order valence-electron chi connectivity index (χ2n) is 4.26. The first-order valence-electron chi connectivity index (χ1n) is 6.04. The van der Waals surface area contributed by atoms with Gasteiger partial charge in [0.1, 0.15) is 0 Å². The number of hydrogen-bond donors (Lipinski definition) is 0. The molecule has 0 spiro atoms. The lowest BCUT2D eigenvalue weighted by atomic mass is 10.4. The Morgan fingerprint density at radius 2 is 1.32 bits per heavy atom. The van der Waals surface area contributed by atoms with Gasteiger partial charge in [0, 0.05) is 10.6 Å². The summed E-state index contributed by atoms with van der Waals surface area (Å²) in [7, 11) is -2.88. The molecule has 2 aromatic rings. The smallest absolute Gasteiger partial charge is 0.164 e. The van der Waals surface area contributed by atoms with E-state index in [0.29, 0.717) is 0 Å². The van der Waals surface area contributed by atoms with Crippen molar-refractivity contribution < 1.29 is 9.36 Å². The van der Waals surface area contributed by atoms with Gasteiger partial charge < -0.3 is 4.57 Å². The third kappa shape index (κ3) is 3.10. The minimum absolute atomic E-state index is 0.105. The van der Waals surface area contributed by atoms with Crippen LogP contribution >= 0.6 is 7.14 Å². The number of hydrogen-bond acceptors (Lipinski definition) is 2. The average Bonchev–Trinajstić information content (AvgIpc) is 2.46. The zero-order valence-electron chi connectivity index (χ0n) is 10.7. The van der Waals surface area contributed by atoms with E-state index in [1.807, 2.05) is 60.7 Å². The minimum Gasteiger partial charge on any atom is -0.309 e. The van der Waals surface area contributed by atoms with E-state index in [-0.39, 0.29) is 5.78 Å². The van der Waals surface area contributed by atoms with Crippen LogP contribution in [0.15, 0.2) is 72.6 Å². The van der Waals surface area contributed by atoms with E-state index in [1.54, 1.807) is 5.82 Å². The van der Waals surface area contributed by atoms with Gasteiger partial charge in [0.05, 0.1) is 0 Å². The van der Waals surface area contributed by atoms with Crippen LogP contribution in [0.1, 0.15) is 6.92 Å². The molecule has 2 aromatic carbocycles. The Bertz CT molecular complexity index is 587. The zero-order chi connectivity index (χ0) is 13.7. The minimum atomic E-state index is -2.88. The van der Waals surface area contributed by atoms with Crippen LogP contribution in [0, 0.1) is 0 Å². The van der Waals surface area contributed by atoms with Crippen molar-refractivity contribution in [1.29, 1.82) is 0 Å². The van der Waals surface area contributed by atoms with Gasteiger partial charge in [-0.3, -0.25) is 4.79 Å². The molecule has 0 aromatic heterocycles. The second-order valence-corrected chi connectivity index (χ2v) is 6.90. The Balaban J connectivity index is 2.58. The average molecular weight is 270 g/mol. The molecule has 0 saturated heterocycles. The summed E-state index contributed by atoms with van der Waals surface area (Å²) in [4.78, 5) is 11.1. The van der Waals surface area contributed by atoms with E-state index >= 15 is 0 Å². The number of carbonyl (C=O) groups excluding carboxylic acids is 1. The molecular weight excluding hydrogens is 255 g/mol. The number of rotatable bonds is 4. The highest BCUT2D eigenvalue weighted by molar-refractivity contribution is 7.81. The van der Waals surface area contributed by atoms with Crippen molar-refractivity contribution in [2.24, 2.45) is 0 Å². The molecule has 0 heterocycles. The zero-order valence-corrected chi connectivity index (χ0v) is 11.6. The van der Waals surface area contributed by atoms with Gasteiger partial charge in [-0.25, -0.2) is 0 Å². The van der Waals surface area contributed by atoms with E-state index in [1.165, 1.54) is 13.0 Å². The van der Waals surface area contributed by atoms with Crippen molar-refractivity contribution in [1.82, 2.24) is 0 Å². The van der Waals surface area contributed by atoms with Crippen LogP contribution in [0.3, 0.4) is 0 Å². The van der Waals surface area contributed by atoms with E-state index < -0.39 is 7.14 Å². The summed E-state index contributed by atoms with van der Waals surface area (Å²) in [5.74, 6) is 1.44. The Morgan fingerprint density at radius 1 is 0.895 bits per heavy atom. The van der Waals surface area contributed by atoms with E-state index in [4.69, 9.17) is 0 Å². The monoisotopic (exact) mass is 270 g/mol. The van der Waals surface area contributed by atoms with Crippen LogP contribution < -0.4 is 10.6 Å². The Kier molecular flexibility index (Phi) is 4.13. The fourth-order valence-corrected chi connectivity index (χ4v) is 4.12. The lowest BCUT2D eigenvalue weighted by molar-refractivity contribution is -0.112. The van der Waals surface area contributed by atoms with Crippen molar-refractivity contribution in [2.75, 3.05) is 0 Å². The molecule has 3 heteroatoms. The molecule has 0 atom stereocenters. The maximum absolute atomic E-state index is 13.3. The van der Waals surface area contributed by atoms with Gasteiger partial charge in [0.15, 0.2) is 12.9 Å². The number of benzene rings is 2. The summed E-state index contributed by atoms with van der Waals surface area (Å²) < 4.78 is 13.3. The van der Waals surface area contributed by atoms with Gasteiger partial charge in [-0.05, 0) is 18.8 Å². The molecule has 0 saturated carbocycles. The molecule has 2 rings (SSSR count). The molecule has 0 bridgehead atoms. The fourth-order valence-electron chi connectivity index (χ4n) is 1.83. The summed E-state index contributed by atoms with van der Waals surface area (Å²) in [6.45, 7) is 1.46. The highest BCUT2D eigenvalue weighted by atomic mass is 31.2. The van der Waals surface area contributed by atoms with Crippen molar-refractivity contribution >= 4 is 23.5 Å². The lowest BCUT2D eigenvalue weighted by Gasteiger charge is -2.14. The first kappa shape index (κ1) is 13.5. The molecular formula is C16H15O2P. The van der Waals surface area contributed by atoms with Crippen LogP contribution in [0.4, 0.5) is 0 Å². The normalized spacial score (nSPS) is 11.6. The van der Waals surface area contributed by atoms with Gasteiger partial charge in [0.25, 0.3) is 0 Å². The molecule has 0 aliphatic carbocycles. The number of allylic oxidation sites excluding steroid dienone is 1. The van der Waals surface area contributed by atoms with Crippen LogP contribution in [0.5, 0.6) is 0 Å². The van der Waals surface area contributed by atoms with Crippen LogP contribution in [-0.4, -0.2) is 5.78 Å². The SMILES string of the molecule is CC(=O)C=CP(=O)(c1ccccc1)c1ccccc1. The van der Waals surface area contributed by atoms with Gasteiger partial charge >= 0.3 is 0 Å².